The van der Waals surface area contributed by atoms with Gasteiger partial charge in [0.05, 0.1) is 6.61 Å². The van der Waals surface area contributed by atoms with Crippen LogP contribution in [0.1, 0.15) is 24.0 Å². The first kappa shape index (κ1) is 21.8. The van der Waals surface area contributed by atoms with E-state index in [1.165, 1.54) is 29.7 Å². The fourth-order valence-electron chi connectivity index (χ4n) is 3.25. The number of piperidine rings is 1. The number of benzene rings is 2. The third kappa shape index (κ3) is 6.52. The van der Waals surface area contributed by atoms with Gasteiger partial charge in [-0.15, -0.1) is 24.8 Å². The van der Waals surface area contributed by atoms with E-state index in [1.54, 1.807) is 7.11 Å². The number of halogens is 2. The zero-order chi connectivity index (χ0) is 15.9. The normalized spacial score (nSPS) is 15.1. The van der Waals surface area contributed by atoms with Crippen molar-refractivity contribution < 1.29 is 4.74 Å². The summed E-state index contributed by atoms with van der Waals surface area (Å²) in [5, 5.41) is 3.65. The Morgan fingerprint density at radius 2 is 1.52 bits per heavy atom. The molecule has 0 spiro atoms. The maximum Gasteiger partial charge on any atom is 0.0716 e. The van der Waals surface area contributed by atoms with Crippen LogP contribution in [0, 0.1) is 0 Å². The van der Waals surface area contributed by atoms with Crippen LogP contribution in [0.4, 0.5) is 5.69 Å². The number of para-hydroxylation sites is 1. The monoisotopic (exact) mass is 382 g/mol. The van der Waals surface area contributed by atoms with Crippen LogP contribution in [0.2, 0.25) is 0 Å². The minimum absolute atomic E-state index is 0. The van der Waals surface area contributed by atoms with Crippen molar-refractivity contribution in [3.63, 3.8) is 0 Å². The average Bonchev–Trinajstić information content (AvgIpc) is 2.60. The van der Waals surface area contributed by atoms with Gasteiger partial charge < -0.3 is 10.1 Å². The largest absolute Gasteiger partial charge is 0.382 e. The number of likely N-dealkylation sites (tertiary alicyclic amines) is 1. The molecule has 0 bridgehead atoms. The van der Waals surface area contributed by atoms with Crippen molar-refractivity contribution in [3.8, 4) is 0 Å². The number of hydrogen-bond acceptors (Lipinski definition) is 3. The van der Waals surface area contributed by atoms with Gasteiger partial charge in [-0.1, -0.05) is 42.5 Å². The van der Waals surface area contributed by atoms with E-state index in [9.17, 15) is 0 Å². The predicted molar refractivity (Wildman–Crippen MR) is 110 cm³/mol. The van der Waals surface area contributed by atoms with Crippen LogP contribution in [0.3, 0.4) is 0 Å². The molecule has 3 nitrogen and oxygen atoms in total. The van der Waals surface area contributed by atoms with E-state index in [4.69, 9.17) is 4.74 Å². The molecule has 0 unspecified atom stereocenters. The second kappa shape index (κ2) is 11.4. The van der Waals surface area contributed by atoms with Crippen LogP contribution in [-0.4, -0.2) is 31.1 Å². The summed E-state index contributed by atoms with van der Waals surface area (Å²) in [4.78, 5) is 2.55. The van der Waals surface area contributed by atoms with E-state index in [0.717, 1.165) is 19.6 Å². The lowest BCUT2D eigenvalue weighted by atomic mass is 10.0. The highest BCUT2D eigenvalue weighted by Crippen LogP contribution is 2.19. The van der Waals surface area contributed by atoms with Crippen molar-refractivity contribution in [2.75, 3.05) is 25.5 Å². The van der Waals surface area contributed by atoms with E-state index in [2.05, 4.69) is 64.8 Å². The smallest absolute Gasteiger partial charge is 0.0716 e. The molecule has 0 radical (unpaired) electrons. The molecular weight excluding hydrogens is 355 g/mol. The van der Waals surface area contributed by atoms with Gasteiger partial charge in [-0.3, -0.25) is 4.90 Å². The van der Waals surface area contributed by atoms with E-state index in [-0.39, 0.29) is 24.8 Å². The highest BCUT2D eigenvalue weighted by molar-refractivity contribution is 5.85. The Hall–Kier alpha value is -1.26. The molecule has 2 aromatic rings. The van der Waals surface area contributed by atoms with E-state index in [1.807, 2.05) is 0 Å². The van der Waals surface area contributed by atoms with Crippen LogP contribution in [-0.2, 0) is 17.9 Å². The summed E-state index contributed by atoms with van der Waals surface area (Å²) in [6, 6.07) is 19.7. The summed E-state index contributed by atoms with van der Waals surface area (Å²) in [7, 11) is 1.76. The Kier molecular flexibility index (Phi) is 9.91. The molecule has 25 heavy (non-hydrogen) atoms. The number of ether oxygens (including phenoxy) is 1. The second-order valence-corrected chi connectivity index (χ2v) is 6.26. The molecule has 1 N–H and O–H groups in total. The van der Waals surface area contributed by atoms with Crippen molar-refractivity contribution in [2.45, 2.75) is 32.0 Å². The van der Waals surface area contributed by atoms with Crippen molar-refractivity contribution >= 4 is 30.5 Å². The summed E-state index contributed by atoms with van der Waals surface area (Å²) in [5.74, 6) is 0. The molecule has 5 heteroatoms. The zero-order valence-electron chi connectivity index (χ0n) is 14.7. The van der Waals surface area contributed by atoms with Crippen LogP contribution in [0.25, 0.3) is 0 Å². The van der Waals surface area contributed by atoms with Gasteiger partial charge in [0.15, 0.2) is 0 Å². The first-order chi connectivity index (χ1) is 11.3. The van der Waals surface area contributed by atoms with Gasteiger partial charge in [0.25, 0.3) is 0 Å². The maximum absolute atomic E-state index is 5.31. The Balaban J connectivity index is 0.00000156. The Bertz CT molecular complexity index is 602. The molecule has 1 heterocycles. The first-order valence-corrected chi connectivity index (χ1v) is 8.45. The summed E-state index contributed by atoms with van der Waals surface area (Å²) < 4.78 is 5.31. The zero-order valence-corrected chi connectivity index (χ0v) is 16.3. The molecule has 1 aliphatic rings. The molecule has 0 aliphatic carbocycles. The fourth-order valence-corrected chi connectivity index (χ4v) is 3.25. The Morgan fingerprint density at radius 3 is 2.16 bits per heavy atom. The average molecular weight is 383 g/mol. The molecule has 3 rings (SSSR count). The predicted octanol–water partition coefficient (Wildman–Crippen LogP) is 4.75. The van der Waals surface area contributed by atoms with Gasteiger partial charge in [0.1, 0.15) is 0 Å². The molecule has 0 saturated carbocycles. The minimum Gasteiger partial charge on any atom is -0.382 e. The first-order valence-electron chi connectivity index (χ1n) is 8.45. The molecule has 1 aliphatic heterocycles. The maximum atomic E-state index is 5.31. The Morgan fingerprint density at radius 1 is 0.920 bits per heavy atom. The SMILES string of the molecule is COCc1ccccc1CN1CCC(Nc2ccccc2)CC1.Cl.Cl. The quantitative estimate of drug-likeness (QED) is 0.779. The lowest BCUT2D eigenvalue weighted by Crippen LogP contribution is -2.38. The molecule has 2 aromatic carbocycles. The molecule has 1 saturated heterocycles. The van der Waals surface area contributed by atoms with Gasteiger partial charge in [-0.25, -0.2) is 0 Å². The number of hydrogen-bond donors (Lipinski definition) is 1. The van der Waals surface area contributed by atoms with Crippen molar-refractivity contribution in [1.29, 1.82) is 0 Å². The summed E-state index contributed by atoms with van der Waals surface area (Å²) in [6.07, 6.45) is 2.39. The molecule has 138 valence electrons. The number of anilines is 1. The molecular formula is C20H28Cl2N2O. The third-order valence-electron chi connectivity index (χ3n) is 4.54. The fraction of sp³-hybridized carbons (Fsp3) is 0.400. The molecule has 1 fully saturated rings. The highest BCUT2D eigenvalue weighted by atomic mass is 35.5. The second-order valence-electron chi connectivity index (χ2n) is 6.26. The van der Waals surface area contributed by atoms with Crippen molar-refractivity contribution in [1.82, 2.24) is 4.90 Å². The van der Waals surface area contributed by atoms with Crippen molar-refractivity contribution in [2.24, 2.45) is 0 Å². The summed E-state index contributed by atoms with van der Waals surface area (Å²) in [5.41, 5.74) is 3.93. The van der Waals surface area contributed by atoms with Crippen LogP contribution < -0.4 is 5.32 Å². The Labute approximate surface area is 163 Å². The van der Waals surface area contributed by atoms with E-state index < -0.39 is 0 Å². The number of nitrogens with one attached hydrogen (secondary N) is 1. The third-order valence-corrected chi connectivity index (χ3v) is 4.54. The lowest BCUT2D eigenvalue weighted by Gasteiger charge is -2.33. The van der Waals surface area contributed by atoms with Gasteiger partial charge in [-0.2, -0.15) is 0 Å². The lowest BCUT2D eigenvalue weighted by molar-refractivity contribution is 0.179. The van der Waals surface area contributed by atoms with E-state index in [0.29, 0.717) is 12.6 Å². The molecule has 0 amide bonds. The van der Waals surface area contributed by atoms with Gasteiger partial charge in [0.2, 0.25) is 0 Å². The standard InChI is InChI=1S/C20H26N2O.2ClH/c1-23-16-18-8-6-5-7-17(18)15-22-13-11-20(12-14-22)21-19-9-3-2-4-10-19;;/h2-10,20-21H,11-16H2,1H3;2*1H. The van der Waals surface area contributed by atoms with Crippen LogP contribution in [0.5, 0.6) is 0 Å². The minimum atomic E-state index is 0. The number of rotatable bonds is 6. The summed E-state index contributed by atoms with van der Waals surface area (Å²) in [6.45, 7) is 4.01. The molecule has 0 atom stereocenters. The van der Waals surface area contributed by atoms with Crippen LogP contribution >= 0.6 is 24.8 Å². The van der Waals surface area contributed by atoms with Crippen LogP contribution in [0.15, 0.2) is 54.6 Å². The number of nitrogens with zero attached hydrogens (tertiary/aromatic N) is 1. The summed E-state index contributed by atoms with van der Waals surface area (Å²) >= 11 is 0. The van der Waals surface area contributed by atoms with Crippen molar-refractivity contribution in [3.05, 3.63) is 65.7 Å². The topological polar surface area (TPSA) is 24.5 Å². The van der Waals surface area contributed by atoms with Gasteiger partial charge >= 0.3 is 0 Å². The van der Waals surface area contributed by atoms with Gasteiger partial charge in [0, 0.05) is 38.5 Å². The van der Waals surface area contributed by atoms with E-state index >= 15 is 0 Å². The van der Waals surface area contributed by atoms with Gasteiger partial charge in [-0.05, 0) is 36.1 Å². The highest BCUT2D eigenvalue weighted by Gasteiger charge is 2.19. The molecule has 0 aromatic heterocycles. The number of methoxy groups -OCH3 is 1.